The maximum atomic E-state index is 10.9. The van der Waals surface area contributed by atoms with Crippen molar-refractivity contribution in [1.29, 1.82) is 0 Å². The topological polar surface area (TPSA) is 38.3 Å². The van der Waals surface area contributed by atoms with Gasteiger partial charge in [0.25, 0.3) is 0 Å². The fourth-order valence-electron chi connectivity index (χ4n) is 1.31. The van der Waals surface area contributed by atoms with Gasteiger partial charge in [0.15, 0.2) is 0 Å². The Morgan fingerprint density at radius 3 is 2.75 bits per heavy atom. The first kappa shape index (κ1) is 9.52. The molecular formula is C9H17NO2. The lowest BCUT2D eigenvalue weighted by Gasteiger charge is -2.24. The Labute approximate surface area is 73.5 Å². The molecule has 0 aliphatic carbocycles. The molecule has 0 radical (unpaired) electrons. The number of hydrogen-bond donors (Lipinski definition) is 1. The van der Waals surface area contributed by atoms with E-state index < -0.39 is 0 Å². The van der Waals surface area contributed by atoms with Crippen LogP contribution in [0.3, 0.4) is 0 Å². The number of amides is 1. The summed E-state index contributed by atoms with van der Waals surface area (Å²) in [5, 5.41) is 2.92. The monoisotopic (exact) mass is 171 g/mol. The lowest BCUT2D eigenvalue weighted by Crippen LogP contribution is -2.43. The molecule has 1 rings (SSSR count). The highest BCUT2D eigenvalue weighted by atomic mass is 16.5. The van der Waals surface area contributed by atoms with E-state index in [1.165, 1.54) is 0 Å². The second-order valence-electron chi connectivity index (χ2n) is 3.97. The zero-order valence-electron chi connectivity index (χ0n) is 8.02. The molecule has 3 heteroatoms. The second-order valence-corrected chi connectivity index (χ2v) is 3.97. The first-order chi connectivity index (χ1) is 5.52. The molecule has 1 aliphatic heterocycles. The van der Waals surface area contributed by atoms with E-state index in [1.54, 1.807) is 0 Å². The molecule has 1 amide bonds. The van der Waals surface area contributed by atoms with Gasteiger partial charge in [-0.2, -0.15) is 0 Å². The predicted octanol–water partition coefficient (Wildman–Crippen LogP) is 1.08. The van der Waals surface area contributed by atoms with E-state index in [0.717, 1.165) is 6.42 Å². The van der Waals surface area contributed by atoms with Crippen LogP contribution < -0.4 is 5.32 Å². The van der Waals surface area contributed by atoms with Crippen molar-refractivity contribution >= 4 is 5.91 Å². The quantitative estimate of drug-likeness (QED) is 0.690. The average molecular weight is 171 g/mol. The van der Waals surface area contributed by atoms with Gasteiger partial charge in [0, 0.05) is 6.42 Å². The summed E-state index contributed by atoms with van der Waals surface area (Å²) >= 11 is 0. The van der Waals surface area contributed by atoms with Crippen molar-refractivity contribution < 1.29 is 9.53 Å². The van der Waals surface area contributed by atoms with E-state index >= 15 is 0 Å². The highest BCUT2D eigenvalue weighted by molar-refractivity contribution is 5.79. The molecular weight excluding hydrogens is 154 g/mol. The Bertz CT molecular complexity index is 179. The third-order valence-corrected chi connectivity index (χ3v) is 2.08. The van der Waals surface area contributed by atoms with Gasteiger partial charge in [0.2, 0.25) is 5.91 Å². The number of carbonyl (C=O) groups is 1. The first-order valence-electron chi connectivity index (χ1n) is 4.44. The van der Waals surface area contributed by atoms with Gasteiger partial charge in [-0.3, -0.25) is 4.79 Å². The van der Waals surface area contributed by atoms with Crippen LogP contribution in [0.5, 0.6) is 0 Å². The molecule has 1 atom stereocenters. The largest absolute Gasteiger partial charge is 0.376 e. The van der Waals surface area contributed by atoms with Crippen molar-refractivity contribution in [3.63, 3.8) is 0 Å². The minimum absolute atomic E-state index is 0.124. The molecule has 0 spiro atoms. The molecule has 3 nitrogen and oxygen atoms in total. The fraction of sp³-hybridized carbons (Fsp3) is 0.889. The number of rotatable bonds is 3. The summed E-state index contributed by atoms with van der Waals surface area (Å²) in [7, 11) is 0. The molecule has 1 heterocycles. The zero-order chi connectivity index (χ0) is 9.19. The number of hydrogen-bond acceptors (Lipinski definition) is 2. The van der Waals surface area contributed by atoms with E-state index in [0.29, 0.717) is 13.0 Å². The summed E-state index contributed by atoms with van der Waals surface area (Å²) in [6.45, 7) is 6.65. The van der Waals surface area contributed by atoms with Crippen molar-refractivity contribution in [2.75, 3.05) is 6.61 Å². The first-order valence-corrected chi connectivity index (χ1v) is 4.44. The van der Waals surface area contributed by atoms with Gasteiger partial charge in [-0.1, -0.05) is 0 Å². The predicted molar refractivity (Wildman–Crippen MR) is 46.9 cm³/mol. The highest BCUT2D eigenvalue weighted by Crippen LogP contribution is 2.19. The highest BCUT2D eigenvalue weighted by Gasteiger charge is 2.33. The minimum Gasteiger partial charge on any atom is -0.376 e. The molecule has 70 valence electrons. The van der Waals surface area contributed by atoms with Crippen LogP contribution in [-0.4, -0.2) is 24.2 Å². The Morgan fingerprint density at radius 1 is 1.67 bits per heavy atom. The fourth-order valence-corrected chi connectivity index (χ4v) is 1.31. The Kier molecular flexibility index (Phi) is 2.73. The van der Waals surface area contributed by atoms with Crippen LogP contribution in [0, 0.1) is 0 Å². The molecule has 1 saturated heterocycles. The third kappa shape index (κ3) is 2.48. The molecule has 1 aliphatic rings. The lowest BCUT2D eigenvalue weighted by atomic mass is 10.0. The van der Waals surface area contributed by atoms with Crippen LogP contribution in [0.4, 0.5) is 0 Å². The van der Waals surface area contributed by atoms with Gasteiger partial charge >= 0.3 is 0 Å². The lowest BCUT2D eigenvalue weighted by molar-refractivity contribution is -0.120. The summed E-state index contributed by atoms with van der Waals surface area (Å²) in [6.07, 6.45) is 1.76. The molecule has 0 aromatic rings. The van der Waals surface area contributed by atoms with E-state index in [1.807, 2.05) is 20.8 Å². The maximum Gasteiger partial charge on any atom is 0.220 e. The Balaban J connectivity index is 2.35. The molecule has 0 aromatic carbocycles. The molecule has 0 aromatic heterocycles. The van der Waals surface area contributed by atoms with Crippen molar-refractivity contribution in [2.45, 2.75) is 45.3 Å². The van der Waals surface area contributed by atoms with Crippen LogP contribution in [0.2, 0.25) is 0 Å². The Hall–Kier alpha value is -0.570. The zero-order valence-corrected chi connectivity index (χ0v) is 8.02. The van der Waals surface area contributed by atoms with Crippen molar-refractivity contribution in [3.05, 3.63) is 0 Å². The van der Waals surface area contributed by atoms with E-state index in [2.05, 4.69) is 5.32 Å². The van der Waals surface area contributed by atoms with Gasteiger partial charge in [-0.05, 0) is 27.2 Å². The number of nitrogens with one attached hydrogen (secondary N) is 1. The van der Waals surface area contributed by atoms with Crippen molar-refractivity contribution in [1.82, 2.24) is 5.32 Å². The summed E-state index contributed by atoms with van der Waals surface area (Å²) < 4.78 is 5.46. The van der Waals surface area contributed by atoms with E-state index in [-0.39, 0.29) is 17.6 Å². The Morgan fingerprint density at radius 2 is 2.33 bits per heavy atom. The third-order valence-electron chi connectivity index (χ3n) is 2.08. The summed E-state index contributed by atoms with van der Waals surface area (Å²) in [5.41, 5.74) is -0.124. The second kappa shape index (κ2) is 3.44. The van der Waals surface area contributed by atoms with Crippen LogP contribution >= 0.6 is 0 Å². The normalized spacial score (nSPS) is 29.5. The summed E-state index contributed by atoms with van der Waals surface area (Å²) in [5.74, 6) is 0.143. The SMILES string of the molecule is CC(C)OC[C@]1(C)CCC(=O)N1. The van der Waals surface area contributed by atoms with Gasteiger partial charge in [0.05, 0.1) is 18.2 Å². The van der Waals surface area contributed by atoms with E-state index in [4.69, 9.17) is 4.74 Å². The maximum absolute atomic E-state index is 10.9. The van der Waals surface area contributed by atoms with Crippen LogP contribution in [0.1, 0.15) is 33.6 Å². The van der Waals surface area contributed by atoms with Gasteiger partial charge in [0.1, 0.15) is 0 Å². The minimum atomic E-state index is -0.124. The standard InChI is InChI=1S/C9H17NO2/c1-7(2)12-6-9(3)5-4-8(11)10-9/h7H,4-6H2,1-3H3,(H,10,11)/t9-/m0/s1. The number of ether oxygens (including phenoxy) is 1. The molecule has 1 N–H and O–H groups in total. The van der Waals surface area contributed by atoms with Gasteiger partial charge in [-0.15, -0.1) is 0 Å². The van der Waals surface area contributed by atoms with Crippen LogP contribution in [0.25, 0.3) is 0 Å². The molecule has 0 unspecified atom stereocenters. The molecule has 0 bridgehead atoms. The van der Waals surface area contributed by atoms with Crippen molar-refractivity contribution in [2.24, 2.45) is 0 Å². The molecule has 1 fully saturated rings. The van der Waals surface area contributed by atoms with Crippen molar-refractivity contribution in [3.8, 4) is 0 Å². The number of carbonyl (C=O) groups excluding carboxylic acids is 1. The van der Waals surface area contributed by atoms with Gasteiger partial charge in [-0.25, -0.2) is 0 Å². The average Bonchev–Trinajstić information content (AvgIpc) is 2.29. The van der Waals surface area contributed by atoms with E-state index in [9.17, 15) is 4.79 Å². The van der Waals surface area contributed by atoms with Crippen LogP contribution in [-0.2, 0) is 9.53 Å². The summed E-state index contributed by atoms with van der Waals surface area (Å²) in [4.78, 5) is 10.9. The summed E-state index contributed by atoms with van der Waals surface area (Å²) in [6, 6.07) is 0. The molecule has 12 heavy (non-hydrogen) atoms. The van der Waals surface area contributed by atoms with Gasteiger partial charge < -0.3 is 10.1 Å². The smallest absolute Gasteiger partial charge is 0.220 e. The van der Waals surface area contributed by atoms with Crippen LogP contribution in [0.15, 0.2) is 0 Å². The molecule has 0 saturated carbocycles.